The van der Waals surface area contributed by atoms with E-state index in [1.807, 2.05) is 6.92 Å². The Balaban J connectivity index is 3.05. The minimum absolute atomic E-state index is 0.679. The summed E-state index contributed by atoms with van der Waals surface area (Å²) in [5, 5.41) is 0. The third kappa shape index (κ3) is 2.45. The minimum atomic E-state index is 0.679. The lowest BCUT2D eigenvalue weighted by Gasteiger charge is -2.09. The molecule has 0 fully saturated rings. The molecule has 72 valence electrons. The topological polar surface area (TPSA) is 35.2 Å². The van der Waals surface area contributed by atoms with Crippen molar-refractivity contribution in [3.63, 3.8) is 0 Å². The van der Waals surface area contributed by atoms with Crippen molar-refractivity contribution in [1.82, 2.24) is 0 Å². The molecule has 0 spiro atoms. The molecule has 0 aromatic heterocycles. The molecule has 0 atom stereocenters. The van der Waals surface area contributed by atoms with Crippen LogP contribution in [0.25, 0.3) is 0 Å². The highest BCUT2D eigenvalue weighted by Crippen LogP contribution is 2.29. The van der Waals surface area contributed by atoms with Crippen LogP contribution in [0.15, 0.2) is 16.6 Å². The number of hydrogen-bond donors (Lipinski definition) is 1. The highest BCUT2D eigenvalue weighted by molar-refractivity contribution is 9.10. The molecular formula is C10H14BrNO. The fourth-order valence-corrected chi connectivity index (χ4v) is 2.14. The standard InChI is InChI=1S/C10H14BrNO/c1-7-5-8(3-4-12)6-9(11)10(7)13-2/h5-6H,3-4,12H2,1-2H3. The first-order chi connectivity index (χ1) is 6.19. The molecule has 0 aliphatic heterocycles. The van der Waals surface area contributed by atoms with Gasteiger partial charge in [0, 0.05) is 0 Å². The van der Waals surface area contributed by atoms with E-state index in [1.54, 1.807) is 7.11 Å². The normalized spacial score (nSPS) is 10.2. The molecule has 0 radical (unpaired) electrons. The van der Waals surface area contributed by atoms with E-state index >= 15 is 0 Å². The lowest BCUT2D eigenvalue weighted by molar-refractivity contribution is 0.409. The van der Waals surface area contributed by atoms with Gasteiger partial charge < -0.3 is 10.5 Å². The molecule has 0 heterocycles. The number of rotatable bonds is 3. The van der Waals surface area contributed by atoms with E-state index in [1.165, 1.54) is 5.56 Å². The first kappa shape index (κ1) is 10.5. The summed E-state index contributed by atoms with van der Waals surface area (Å²) in [4.78, 5) is 0. The van der Waals surface area contributed by atoms with Gasteiger partial charge >= 0.3 is 0 Å². The predicted octanol–water partition coefficient (Wildman–Crippen LogP) is 2.27. The SMILES string of the molecule is COc1c(C)cc(CCN)cc1Br. The Morgan fingerprint density at radius 1 is 1.46 bits per heavy atom. The smallest absolute Gasteiger partial charge is 0.135 e. The molecule has 13 heavy (non-hydrogen) atoms. The van der Waals surface area contributed by atoms with E-state index in [0.717, 1.165) is 22.2 Å². The van der Waals surface area contributed by atoms with Crippen LogP contribution in [0.5, 0.6) is 5.75 Å². The molecule has 0 bridgehead atoms. The summed E-state index contributed by atoms with van der Waals surface area (Å²) in [5.41, 5.74) is 7.87. The molecule has 1 aromatic carbocycles. The second-order valence-corrected chi connectivity index (χ2v) is 3.82. The van der Waals surface area contributed by atoms with Crippen LogP contribution < -0.4 is 10.5 Å². The van der Waals surface area contributed by atoms with Crippen LogP contribution in [0.3, 0.4) is 0 Å². The molecular weight excluding hydrogens is 230 g/mol. The maximum Gasteiger partial charge on any atom is 0.135 e. The molecule has 1 rings (SSSR count). The summed E-state index contributed by atoms with van der Waals surface area (Å²) in [5.74, 6) is 0.903. The minimum Gasteiger partial charge on any atom is -0.495 e. The number of ether oxygens (including phenoxy) is 1. The zero-order chi connectivity index (χ0) is 9.84. The van der Waals surface area contributed by atoms with Crippen LogP contribution in [0, 0.1) is 6.92 Å². The van der Waals surface area contributed by atoms with Crippen molar-refractivity contribution in [2.24, 2.45) is 5.73 Å². The molecule has 2 N–H and O–H groups in total. The molecule has 0 aliphatic carbocycles. The molecule has 0 unspecified atom stereocenters. The zero-order valence-corrected chi connectivity index (χ0v) is 9.52. The van der Waals surface area contributed by atoms with Crippen molar-refractivity contribution < 1.29 is 4.74 Å². The van der Waals surface area contributed by atoms with Crippen molar-refractivity contribution in [2.75, 3.05) is 13.7 Å². The van der Waals surface area contributed by atoms with Gasteiger partial charge in [-0.3, -0.25) is 0 Å². The number of nitrogens with two attached hydrogens (primary N) is 1. The fourth-order valence-electron chi connectivity index (χ4n) is 1.37. The average Bonchev–Trinajstić information content (AvgIpc) is 2.04. The second kappa shape index (κ2) is 4.63. The van der Waals surface area contributed by atoms with Gasteiger partial charge in [-0.1, -0.05) is 6.07 Å². The van der Waals surface area contributed by atoms with E-state index in [-0.39, 0.29) is 0 Å². The predicted molar refractivity (Wildman–Crippen MR) is 58.2 cm³/mol. The van der Waals surface area contributed by atoms with Crippen molar-refractivity contribution in [3.05, 3.63) is 27.7 Å². The Morgan fingerprint density at radius 3 is 2.62 bits per heavy atom. The quantitative estimate of drug-likeness (QED) is 0.885. The maximum atomic E-state index is 5.48. The third-order valence-corrected chi connectivity index (χ3v) is 2.52. The fraction of sp³-hybridized carbons (Fsp3) is 0.400. The summed E-state index contributed by atoms with van der Waals surface area (Å²) in [6.07, 6.45) is 0.906. The first-order valence-electron chi connectivity index (χ1n) is 4.22. The number of hydrogen-bond acceptors (Lipinski definition) is 2. The van der Waals surface area contributed by atoms with Crippen molar-refractivity contribution in [1.29, 1.82) is 0 Å². The van der Waals surface area contributed by atoms with Crippen LogP contribution in [0.1, 0.15) is 11.1 Å². The van der Waals surface area contributed by atoms with Crippen LogP contribution in [0.2, 0.25) is 0 Å². The van der Waals surface area contributed by atoms with Gasteiger partial charge in [-0.2, -0.15) is 0 Å². The number of benzene rings is 1. The van der Waals surface area contributed by atoms with Gasteiger partial charge in [0.1, 0.15) is 5.75 Å². The summed E-state index contributed by atoms with van der Waals surface area (Å²) in [6.45, 7) is 2.71. The lowest BCUT2D eigenvalue weighted by Crippen LogP contribution is -2.03. The maximum absolute atomic E-state index is 5.48. The van der Waals surface area contributed by atoms with Gasteiger partial charge in [0.15, 0.2) is 0 Å². The van der Waals surface area contributed by atoms with E-state index in [0.29, 0.717) is 6.54 Å². The van der Waals surface area contributed by atoms with Gasteiger partial charge in [0.2, 0.25) is 0 Å². The Hall–Kier alpha value is -0.540. The van der Waals surface area contributed by atoms with E-state index in [9.17, 15) is 0 Å². The first-order valence-corrected chi connectivity index (χ1v) is 5.01. The van der Waals surface area contributed by atoms with Crippen molar-refractivity contribution >= 4 is 15.9 Å². The van der Waals surface area contributed by atoms with Gasteiger partial charge in [-0.15, -0.1) is 0 Å². The molecule has 0 aliphatic rings. The van der Waals surface area contributed by atoms with Gasteiger partial charge in [-0.05, 0) is 53.0 Å². The van der Waals surface area contributed by atoms with Gasteiger partial charge in [0.05, 0.1) is 11.6 Å². The van der Waals surface area contributed by atoms with Gasteiger partial charge in [0.25, 0.3) is 0 Å². The Bertz CT molecular complexity index is 276. The Morgan fingerprint density at radius 2 is 2.15 bits per heavy atom. The third-order valence-electron chi connectivity index (χ3n) is 1.93. The average molecular weight is 244 g/mol. The number of halogens is 1. The van der Waals surface area contributed by atoms with E-state index in [2.05, 4.69) is 28.1 Å². The molecule has 1 aromatic rings. The van der Waals surface area contributed by atoms with E-state index < -0.39 is 0 Å². The summed E-state index contributed by atoms with van der Waals surface area (Å²) < 4.78 is 6.23. The lowest BCUT2D eigenvalue weighted by atomic mass is 10.1. The highest BCUT2D eigenvalue weighted by atomic mass is 79.9. The Kier molecular flexibility index (Phi) is 3.75. The molecule has 0 saturated heterocycles. The number of methoxy groups -OCH3 is 1. The zero-order valence-electron chi connectivity index (χ0n) is 7.93. The van der Waals surface area contributed by atoms with Crippen LogP contribution in [-0.2, 0) is 6.42 Å². The van der Waals surface area contributed by atoms with Crippen LogP contribution in [-0.4, -0.2) is 13.7 Å². The largest absolute Gasteiger partial charge is 0.495 e. The molecule has 2 nitrogen and oxygen atoms in total. The summed E-state index contributed by atoms with van der Waals surface area (Å²) >= 11 is 3.46. The van der Waals surface area contributed by atoms with Crippen LogP contribution >= 0.6 is 15.9 Å². The van der Waals surface area contributed by atoms with Gasteiger partial charge in [-0.25, -0.2) is 0 Å². The molecule has 3 heteroatoms. The molecule has 0 saturated carbocycles. The second-order valence-electron chi connectivity index (χ2n) is 2.97. The summed E-state index contributed by atoms with van der Waals surface area (Å²) in [7, 11) is 1.68. The molecule has 0 amide bonds. The van der Waals surface area contributed by atoms with Crippen molar-refractivity contribution in [2.45, 2.75) is 13.3 Å². The Labute approximate surface area is 87.2 Å². The highest BCUT2D eigenvalue weighted by Gasteiger charge is 2.05. The number of aryl methyl sites for hydroxylation is 1. The van der Waals surface area contributed by atoms with Crippen LogP contribution in [0.4, 0.5) is 0 Å². The van der Waals surface area contributed by atoms with E-state index in [4.69, 9.17) is 10.5 Å². The van der Waals surface area contributed by atoms with Crippen molar-refractivity contribution in [3.8, 4) is 5.75 Å². The summed E-state index contributed by atoms with van der Waals surface area (Å²) in [6, 6.07) is 4.16. The monoisotopic (exact) mass is 243 g/mol.